The van der Waals surface area contributed by atoms with Crippen LogP contribution >= 0.6 is 0 Å². The molecule has 0 aromatic heterocycles. The second-order valence-electron chi connectivity index (χ2n) is 3.62. The Morgan fingerprint density at radius 3 is 3.00 bits per heavy atom. The highest BCUT2D eigenvalue weighted by atomic mass is 16.1. The Hall–Kier alpha value is -0.570. The van der Waals surface area contributed by atoms with Gasteiger partial charge in [-0.1, -0.05) is 6.92 Å². The van der Waals surface area contributed by atoms with Crippen molar-refractivity contribution in [3.63, 3.8) is 0 Å². The molecule has 2 N–H and O–H groups in total. The fourth-order valence-corrected chi connectivity index (χ4v) is 1.64. The molecule has 0 aliphatic carbocycles. The molecule has 2 atom stereocenters. The van der Waals surface area contributed by atoms with E-state index in [0.717, 1.165) is 13.1 Å². The zero-order valence-electron chi connectivity index (χ0n) is 7.89. The van der Waals surface area contributed by atoms with E-state index in [2.05, 4.69) is 17.6 Å². The number of amides is 1. The van der Waals surface area contributed by atoms with E-state index in [-0.39, 0.29) is 5.91 Å². The van der Waals surface area contributed by atoms with Crippen LogP contribution in [0.4, 0.5) is 0 Å². The molecule has 0 aromatic rings. The summed E-state index contributed by atoms with van der Waals surface area (Å²) in [7, 11) is 0. The number of rotatable bonds is 2. The maximum absolute atomic E-state index is 10.7. The van der Waals surface area contributed by atoms with Crippen molar-refractivity contribution < 1.29 is 4.79 Å². The van der Waals surface area contributed by atoms with Gasteiger partial charge in [-0.2, -0.15) is 0 Å². The Kier molecular flexibility index (Phi) is 3.53. The van der Waals surface area contributed by atoms with Crippen molar-refractivity contribution in [2.45, 2.75) is 32.7 Å². The number of carbonyl (C=O) groups is 1. The number of carbonyl (C=O) groups excluding carboxylic acids is 1. The summed E-state index contributed by atoms with van der Waals surface area (Å²) in [5.74, 6) is 0.750. The van der Waals surface area contributed by atoms with Gasteiger partial charge in [-0.05, 0) is 25.3 Å². The zero-order valence-corrected chi connectivity index (χ0v) is 7.89. The predicted molar refractivity (Wildman–Crippen MR) is 48.9 cm³/mol. The normalized spacial score (nSPS) is 29.8. The van der Waals surface area contributed by atoms with Gasteiger partial charge in [0.1, 0.15) is 0 Å². The molecule has 1 heterocycles. The largest absolute Gasteiger partial charge is 0.355 e. The Morgan fingerprint density at radius 1 is 1.67 bits per heavy atom. The van der Waals surface area contributed by atoms with Crippen LogP contribution in [0.2, 0.25) is 0 Å². The molecule has 1 saturated heterocycles. The number of nitrogens with one attached hydrogen (secondary N) is 2. The molecule has 0 bridgehead atoms. The first-order valence-electron chi connectivity index (χ1n) is 4.68. The van der Waals surface area contributed by atoms with Gasteiger partial charge in [-0.25, -0.2) is 0 Å². The first-order valence-corrected chi connectivity index (χ1v) is 4.68. The summed E-state index contributed by atoms with van der Waals surface area (Å²) in [6, 6.07) is 0.475. The van der Waals surface area contributed by atoms with Crippen LogP contribution in [0.1, 0.15) is 26.7 Å². The molecule has 1 aliphatic rings. The summed E-state index contributed by atoms with van der Waals surface area (Å²) in [6.07, 6.45) is 2.54. The zero-order chi connectivity index (χ0) is 8.97. The molecular weight excluding hydrogens is 152 g/mol. The lowest BCUT2D eigenvalue weighted by Crippen LogP contribution is -2.47. The molecule has 2 unspecified atom stereocenters. The molecule has 1 rings (SSSR count). The first kappa shape index (κ1) is 9.52. The Morgan fingerprint density at radius 2 is 2.42 bits per heavy atom. The summed E-state index contributed by atoms with van der Waals surface area (Å²) in [5.41, 5.74) is 0. The molecule has 1 amide bonds. The second-order valence-corrected chi connectivity index (χ2v) is 3.62. The fraction of sp³-hybridized carbons (Fsp3) is 0.889. The van der Waals surface area contributed by atoms with Gasteiger partial charge in [0, 0.05) is 19.5 Å². The summed E-state index contributed by atoms with van der Waals surface area (Å²) in [4.78, 5) is 10.7. The van der Waals surface area contributed by atoms with Crippen LogP contribution in [0.15, 0.2) is 0 Å². The third-order valence-corrected chi connectivity index (χ3v) is 2.50. The van der Waals surface area contributed by atoms with Crippen molar-refractivity contribution in [1.82, 2.24) is 10.6 Å². The van der Waals surface area contributed by atoms with E-state index in [1.165, 1.54) is 12.8 Å². The van der Waals surface area contributed by atoms with Crippen LogP contribution in [0.5, 0.6) is 0 Å². The smallest absolute Gasteiger partial charge is 0.216 e. The SMILES string of the molecule is CC(=O)NCC1NCCCC1C. The second kappa shape index (κ2) is 4.45. The van der Waals surface area contributed by atoms with Crippen LogP contribution in [-0.4, -0.2) is 25.0 Å². The van der Waals surface area contributed by atoms with E-state index >= 15 is 0 Å². The van der Waals surface area contributed by atoms with Crippen molar-refractivity contribution in [3.8, 4) is 0 Å². The van der Waals surface area contributed by atoms with Crippen LogP contribution < -0.4 is 10.6 Å². The van der Waals surface area contributed by atoms with E-state index in [9.17, 15) is 4.79 Å². The topological polar surface area (TPSA) is 41.1 Å². The highest BCUT2D eigenvalue weighted by molar-refractivity contribution is 5.72. The van der Waals surface area contributed by atoms with Gasteiger partial charge < -0.3 is 10.6 Å². The van der Waals surface area contributed by atoms with E-state index in [1.807, 2.05) is 0 Å². The minimum Gasteiger partial charge on any atom is -0.355 e. The molecule has 70 valence electrons. The van der Waals surface area contributed by atoms with Crippen molar-refractivity contribution in [3.05, 3.63) is 0 Å². The lowest BCUT2D eigenvalue weighted by molar-refractivity contribution is -0.119. The highest BCUT2D eigenvalue weighted by Gasteiger charge is 2.20. The van der Waals surface area contributed by atoms with Gasteiger partial charge >= 0.3 is 0 Å². The minimum atomic E-state index is 0.0644. The molecule has 3 heteroatoms. The van der Waals surface area contributed by atoms with E-state index in [0.29, 0.717) is 12.0 Å². The van der Waals surface area contributed by atoms with Crippen molar-refractivity contribution in [2.75, 3.05) is 13.1 Å². The molecule has 0 spiro atoms. The fourth-order valence-electron chi connectivity index (χ4n) is 1.64. The average Bonchev–Trinajstić information content (AvgIpc) is 2.03. The Bertz CT molecular complexity index is 159. The van der Waals surface area contributed by atoms with Gasteiger partial charge in [0.05, 0.1) is 0 Å². The maximum Gasteiger partial charge on any atom is 0.216 e. The minimum absolute atomic E-state index is 0.0644. The lowest BCUT2D eigenvalue weighted by Gasteiger charge is -2.29. The summed E-state index contributed by atoms with van der Waals surface area (Å²) in [6.45, 7) is 5.66. The molecule has 1 fully saturated rings. The van der Waals surface area contributed by atoms with Gasteiger partial charge in [0.25, 0.3) is 0 Å². The van der Waals surface area contributed by atoms with E-state index in [1.54, 1.807) is 6.92 Å². The Balaban J connectivity index is 2.24. The van der Waals surface area contributed by atoms with Gasteiger partial charge in [0.2, 0.25) is 5.91 Å². The Labute approximate surface area is 73.9 Å². The van der Waals surface area contributed by atoms with E-state index in [4.69, 9.17) is 0 Å². The van der Waals surface area contributed by atoms with Crippen molar-refractivity contribution in [1.29, 1.82) is 0 Å². The molecule has 0 aromatic carbocycles. The van der Waals surface area contributed by atoms with Crippen LogP contribution in [0.3, 0.4) is 0 Å². The molecular formula is C9H18N2O. The quantitative estimate of drug-likeness (QED) is 0.634. The highest BCUT2D eigenvalue weighted by Crippen LogP contribution is 2.14. The van der Waals surface area contributed by atoms with Crippen molar-refractivity contribution >= 4 is 5.91 Å². The number of hydrogen-bond acceptors (Lipinski definition) is 2. The first-order chi connectivity index (χ1) is 5.70. The molecule has 12 heavy (non-hydrogen) atoms. The third kappa shape index (κ3) is 2.81. The van der Waals surface area contributed by atoms with Crippen molar-refractivity contribution in [2.24, 2.45) is 5.92 Å². The lowest BCUT2D eigenvalue weighted by atomic mass is 9.93. The van der Waals surface area contributed by atoms with E-state index < -0.39 is 0 Å². The third-order valence-electron chi connectivity index (χ3n) is 2.50. The molecule has 0 saturated carbocycles. The summed E-state index contributed by atoms with van der Waals surface area (Å²) < 4.78 is 0. The predicted octanol–water partition coefficient (Wildman–Crippen LogP) is 0.511. The number of piperidine rings is 1. The molecule has 0 radical (unpaired) electrons. The summed E-state index contributed by atoms with van der Waals surface area (Å²) >= 11 is 0. The number of hydrogen-bond donors (Lipinski definition) is 2. The maximum atomic E-state index is 10.7. The van der Waals surface area contributed by atoms with Gasteiger partial charge in [-0.3, -0.25) is 4.79 Å². The van der Waals surface area contributed by atoms with Crippen LogP contribution in [0.25, 0.3) is 0 Å². The molecule has 3 nitrogen and oxygen atoms in total. The average molecular weight is 170 g/mol. The summed E-state index contributed by atoms with van der Waals surface area (Å²) in [5, 5.41) is 6.25. The van der Waals surface area contributed by atoms with Crippen LogP contribution in [-0.2, 0) is 4.79 Å². The van der Waals surface area contributed by atoms with Gasteiger partial charge in [0.15, 0.2) is 0 Å². The standard InChI is InChI=1S/C9H18N2O/c1-7-4-3-5-10-9(7)6-11-8(2)12/h7,9-10H,3-6H2,1-2H3,(H,11,12). The molecule has 1 aliphatic heterocycles. The van der Waals surface area contributed by atoms with Crippen LogP contribution in [0, 0.1) is 5.92 Å². The monoisotopic (exact) mass is 170 g/mol. The van der Waals surface area contributed by atoms with Gasteiger partial charge in [-0.15, -0.1) is 0 Å².